The summed E-state index contributed by atoms with van der Waals surface area (Å²) in [5, 5.41) is 14.3. The number of carboxylic acid groups (broad SMARTS) is 1. The number of hydrogen-bond donors (Lipinski definition) is 3. The van der Waals surface area contributed by atoms with Crippen molar-refractivity contribution >= 4 is 12.0 Å². The maximum absolute atomic E-state index is 11.8. The second-order valence-electron chi connectivity index (χ2n) is 6.02. The number of carbonyl (C=O) groups excluding carboxylic acids is 1. The van der Waals surface area contributed by atoms with Crippen LogP contribution in [-0.2, 0) is 4.79 Å². The predicted octanol–water partition coefficient (Wildman–Crippen LogP) is 2.82. The Morgan fingerprint density at radius 1 is 1.35 bits per heavy atom. The third-order valence-corrected chi connectivity index (χ3v) is 3.53. The van der Waals surface area contributed by atoms with Crippen molar-refractivity contribution in [3.05, 3.63) is 11.6 Å². The molecule has 0 spiro atoms. The summed E-state index contributed by atoms with van der Waals surface area (Å²) in [4.78, 5) is 22.3. The highest BCUT2D eigenvalue weighted by Crippen LogP contribution is 2.19. The number of urea groups is 1. The van der Waals surface area contributed by atoms with Gasteiger partial charge >= 0.3 is 12.0 Å². The van der Waals surface area contributed by atoms with Crippen LogP contribution in [0.5, 0.6) is 0 Å². The molecule has 0 saturated heterocycles. The minimum Gasteiger partial charge on any atom is -0.481 e. The van der Waals surface area contributed by atoms with Gasteiger partial charge in [0.2, 0.25) is 0 Å². The molecule has 0 aromatic carbocycles. The predicted molar refractivity (Wildman–Crippen MR) is 78.7 cm³/mol. The van der Waals surface area contributed by atoms with E-state index in [1.54, 1.807) is 0 Å². The average molecular weight is 282 g/mol. The van der Waals surface area contributed by atoms with Crippen molar-refractivity contribution in [3.8, 4) is 0 Å². The summed E-state index contributed by atoms with van der Waals surface area (Å²) in [6.07, 6.45) is 8.48. The first-order chi connectivity index (χ1) is 9.39. The lowest BCUT2D eigenvalue weighted by atomic mass is 9.97. The van der Waals surface area contributed by atoms with Crippen LogP contribution in [0.4, 0.5) is 4.79 Å². The number of amides is 2. The normalized spacial score (nSPS) is 15.4. The zero-order valence-corrected chi connectivity index (χ0v) is 12.5. The highest BCUT2D eigenvalue weighted by atomic mass is 16.4. The molecule has 0 radical (unpaired) electrons. The minimum atomic E-state index is -0.843. The van der Waals surface area contributed by atoms with E-state index in [-0.39, 0.29) is 12.5 Å². The molecule has 0 unspecified atom stereocenters. The van der Waals surface area contributed by atoms with E-state index in [0.29, 0.717) is 13.0 Å². The highest BCUT2D eigenvalue weighted by Gasteiger charge is 2.21. The van der Waals surface area contributed by atoms with E-state index in [2.05, 4.69) is 16.7 Å². The van der Waals surface area contributed by atoms with Crippen molar-refractivity contribution in [2.24, 2.45) is 0 Å². The van der Waals surface area contributed by atoms with Crippen LogP contribution in [0.3, 0.4) is 0 Å². The maximum Gasteiger partial charge on any atom is 0.315 e. The lowest BCUT2D eigenvalue weighted by molar-refractivity contribution is -0.137. The molecule has 0 bridgehead atoms. The van der Waals surface area contributed by atoms with Crippen molar-refractivity contribution in [3.63, 3.8) is 0 Å². The summed E-state index contributed by atoms with van der Waals surface area (Å²) in [7, 11) is 0. The van der Waals surface area contributed by atoms with Gasteiger partial charge in [0.1, 0.15) is 0 Å². The van der Waals surface area contributed by atoms with Crippen LogP contribution in [0.2, 0.25) is 0 Å². The van der Waals surface area contributed by atoms with Crippen molar-refractivity contribution < 1.29 is 14.7 Å². The van der Waals surface area contributed by atoms with Crippen LogP contribution < -0.4 is 10.6 Å². The van der Waals surface area contributed by atoms with Crippen LogP contribution in [0, 0.1) is 0 Å². The number of carbonyl (C=O) groups is 2. The van der Waals surface area contributed by atoms with Gasteiger partial charge in [-0.05, 0) is 52.4 Å². The Bertz CT molecular complexity index is 375. The lowest BCUT2D eigenvalue weighted by Gasteiger charge is -2.25. The second kappa shape index (κ2) is 7.92. The maximum atomic E-state index is 11.8. The molecule has 5 nitrogen and oxygen atoms in total. The summed E-state index contributed by atoms with van der Waals surface area (Å²) >= 11 is 0. The van der Waals surface area contributed by atoms with Crippen LogP contribution in [-0.4, -0.2) is 29.2 Å². The summed E-state index contributed by atoms with van der Waals surface area (Å²) in [5.41, 5.74) is 0.925. The van der Waals surface area contributed by atoms with Gasteiger partial charge in [0, 0.05) is 18.5 Å². The third-order valence-electron chi connectivity index (χ3n) is 3.53. The Hall–Kier alpha value is -1.52. The second-order valence-corrected chi connectivity index (χ2v) is 6.02. The summed E-state index contributed by atoms with van der Waals surface area (Å²) < 4.78 is 0. The zero-order valence-electron chi connectivity index (χ0n) is 12.5. The van der Waals surface area contributed by atoms with Gasteiger partial charge in [-0.25, -0.2) is 4.79 Å². The van der Waals surface area contributed by atoms with Crippen LogP contribution in [0.25, 0.3) is 0 Å². The third kappa shape index (κ3) is 7.16. The first-order valence-corrected chi connectivity index (χ1v) is 7.35. The van der Waals surface area contributed by atoms with E-state index >= 15 is 0 Å². The molecule has 0 atom stereocenters. The zero-order chi connectivity index (χ0) is 15.0. The number of allylic oxidation sites excluding steroid dienone is 1. The van der Waals surface area contributed by atoms with E-state index in [1.807, 2.05) is 13.8 Å². The molecular formula is C15H26N2O3. The monoisotopic (exact) mass is 282 g/mol. The van der Waals surface area contributed by atoms with Gasteiger partial charge in [-0.2, -0.15) is 0 Å². The molecule has 0 heterocycles. The van der Waals surface area contributed by atoms with E-state index < -0.39 is 11.5 Å². The molecule has 0 aliphatic heterocycles. The molecule has 0 fully saturated rings. The molecule has 0 aromatic rings. The van der Waals surface area contributed by atoms with Crippen molar-refractivity contribution in [1.29, 1.82) is 0 Å². The summed E-state index contributed by atoms with van der Waals surface area (Å²) in [6, 6.07) is -0.225. The molecular weight excluding hydrogens is 256 g/mol. The van der Waals surface area contributed by atoms with Crippen molar-refractivity contribution in [2.45, 2.75) is 64.3 Å². The topological polar surface area (TPSA) is 78.4 Å². The van der Waals surface area contributed by atoms with E-state index in [1.165, 1.54) is 18.4 Å². The largest absolute Gasteiger partial charge is 0.481 e. The standard InChI is InChI=1S/C15H26N2O3/c1-15(2,10-8-13(18)19)17-14(20)16-11-9-12-6-4-3-5-7-12/h6H,3-5,7-11H2,1-2H3,(H,18,19)(H2,16,17,20). The number of aliphatic carboxylic acids is 1. The number of rotatable bonds is 7. The van der Waals surface area contributed by atoms with Crippen LogP contribution in [0.15, 0.2) is 11.6 Å². The number of hydrogen-bond acceptors (Lipinski definition) is 2. The molecule has 0 saturated carbocycles. The van der Waals surface area contributed by atoms with Gasteiger partial charge in [0.05, 0.1) is 0 Å². The summed E-state index contributed by atoms with van der Waals surface area (Å²) in [5.74, 6) is -0.843. The van der Waals surface area contributed by atoms with Crippen LogP contribution in [0.1, 0.15) is 58.8 Å². The van der Waals surface area contributed by atoms with Gasteiger partial charge < -0.3 is 15.7 Å². The van der Waals surface area contributed by atoms with Crippen molar-refractivity contribution in [1.82, 2.24) is 10.6 Å². The SMILES string of the molecule is CC(C)(CCC(=O)O)NC(=O)NCCC1=CCCCC1. The molecule has 0 aromatic heterocycles. The summed E-state index contributed by atoms with van der Waals surface area (Å²) in [6.45, 7) is 4.30. The van der Waals surface area contributed by atoms with E-state index in [4.69, 9.17) is 5.11 Å². The van der Waals surface area contributed by atoms with Crippen molar-refractivity contribution in [2.75, 3.05) is 6.54 Å². The Labute approximate surface area is 120 Å². The first-order valence-electron chi connectivity index (χ1n) is 7.35. The van der Waals surface area contributed by atoms with E-state index in [9.17, 15) is 9.59 Å². The van der Waals surface area contributed by atoms with Crippen LogP contribution >= 0.6 is 0 Å². The fourth-order valence-electron chi connectivity index (χ4n) is 2.30. The molecule has 2 amide bonds. The minimum absolute atomic E-state index is 0.0557. The Morgan fingerprint density at radius 3 is 2.70 bits per heavy atom. The Balaban J connectivity index is 2.21. The highest BCUT2D eigenvalue weighted by molar-refractivity contribution is 5.74. The lowest BCUT2D eigenvalue weighted by Crippen LogP contribution is -2.48. The molecule has 1 rings (SSSR count). The average Bonchev–Trinajstić information content (AvgIpc) is 2.37. The van der Waals surface area contributed by atoms with Gasteiger partial charge in [0.25, 0.3) is 0 Å². The first kappa shape index (κ1) is 16.5. The molecule has 114 valence electrons. The molecule has 1 aliphatic carbocycles. The fraction of sp³-hybridized carbons (Fsp3) is 0.733. The molecule has 20 heavy (non-hydrogen) atoms. The quantitative estimate of drug-likeness (QED) is 0.628. The molecule has 5 heteroatoms. The smallest absolute Gasteiger partial charge is 0.315 e. The van der Waals surface area contributed by atoms with Gasteiger partial charge in [-0.15, -0.1) is 0 Å². The number of nitrogens with one attached hydrogen (secondary N) is 2. The van der Waals surface area contributed by atoms with Gasteiger partial charge in [-0.1, -0.05) is 11.6 Å². The van der Waals surface area contributed by atoms with Gasteiger partial charge in [0.15, 0.2) is 0 Å². The van der Waals surface area contributed by atoms with Gasteiger partial charge in [-0.3, -0.25) is 4.79 Å². The van der Waals surface area contributed by atoms with E-state index in [0.717, 1.165) is 19.3 Å². The number of carboxylic acids is 1. The Morgan fingerprint density at radius 2 is 2.10 bits per heavy atom. The molecule has 3 N–H and O–H groups in total. The Kier molecular flexibility index (Phi) is 6.55. The molecule has 1 aliphatic rings. The fourth-order valence-corrected chi connectivity index (χ4v) is 2.30.